The number of amides is 1. The molecule has 1 amide bonds. The van der Waals surface area contributed by atoms with Gasteiger partial charge in [0, 0.05) is 19.4 Å². The topological polar surface area (TPSA) is 62.1 Å². The first-order valence-corrected chi connectivity index (χ1v) is 5.03. The molecule has 4 nitrogen and oxygen atoms in total. The first-order chi connectivity index (χ1) is 7.76. The molecule has 0 aromatic heterocycles. The normalized spacial score (nSPS) is 9.25. The molecule has 0 aliphatic heterocycles. The summed E-state index contributed by atoms with van der Waals surface area (Å²) in [4.78, 5) is 11.2. The maximum absolute atomic E-state index is 11.2. The Kier molecular flexibility index (Phi) is 4.87. The Morgan fingerprint density at radius 3 is 3.06 bits per heavy atom. The van der Waals surface area contributed by atoms with Gasteiger partial charge in [-0.25, -0.2) is 0 Å². The lowest BCUT2D eigenvalue weighted by Crippen LogP contribution is -2.22. The van der Waals surface area contributed by atoms with Gasteiger partial charge < -0.3 is 10.1 Å². The second-order valence-electron chi connectivity index (χ2n) is 3.29. The molecule has 4 heteroatoms. The van der Waals surface area contributed by atoms with Gasteiger partial charge in [-0.05, 0) is 17.7 Å². The second-order valence-corrected chi connectivity index (χ2v) is 3.29. The molecule has 0 aliphatic carbocycles. The Labute approximate surface area is 94.8 Å². The zero-order valence-corrected chi connectivity index (χ0v) is 9.19. The van der Waals surface area contributed by atoms with Crippen molar-refractivity contribution in [1.29, 1.82) is 5.26 Å². The van der Waals surface area contributed by atoms with E-state index in [0.717, 1.165) is 11.3 Å². The van der Waals surface area contributed by atoms with E-state index in [4.69, 9.17) is 10.00 Å². The van der Waals surface area contributed by atoms with E-state index in [-0.39, 0.29) is 18.7 Å². The highest BCUT2D eigenvalue weighted by atomic mass is 16.5. The van der Waals surface area contributed by atoms with Crippen LogP contribution in [-0.4, -0.2) is 13.0 Å². The summed E-state index contributed by atoms with van der Waals surface area (Å²) in [7, 11) is 1.60. The number of carbonyl (C=O) groups is 1. The first-order valence-electron chi connectivity index (χ1n) is 5.03. The predicted octanol–water partition coefficient (Wildman–Crippen LogP) is 1.62. The Hall–Kier alpha value is -2.02. The van der Waals surface area contributed by atoms with E-state index in [2.05, 4.69) is 5.32 Å². The van der Waals surface area contributed by atoms with E-state index >= 15 is 0 Å². The van der Waals surface area contributed by atoms with Crippen molar-refractivity contribution in [3.05, 3.63) is 29.8 Å². The fraction of sp³-hybridized carbons (Fsp3) is 0.333. The Bertz CT molecular complexity index is 396. The smallest absolute Gasteiger partial charge is 0.221 e. The van der Waals surface area contributed by atoms with Crippen LogP contribution in [0, 0.1) is 11.3 Å². The molecule has 0 aliphatic rings. The maximum Gasteiger partial charge on any atom is 0.221 e. The second kappa shape index (κ2) is 6.46. The molecule has 1 aromatic rings. The van der Waals surface area contributed by atoms with Crippen LogP contribution in [0.5, 0.6) is 5.75 Å². The number of hydrogen-bond acceptors (Lipinski definition) is 3. The van der Waals surface area contributed by atoms with E-state index in [9.17, 15) is 4.79 Å². The van der Waals surface area contributed by atoms with Crippen molar-refractivity contribution in [3.8, 4) is 11.8 Å². The lowest BCUT2D eigenvalue weighted by molar-refractivity contribution is -0.121. The van der Waals surface area contributed by atoms with Crippen LogP contribution in [0.25, 0.3) is 0 Å². The van der Waals surface area contributed by atoms with E-state index in [0.29, 0.717) is 6.54 Å². The van der Waals surface area contributed by atoms with Crippen LogP contribution in [0.3, 0.4) is 0 Å². The van der Waals surface area contributed by atoms with Crippen molar-refractivity contribution in [2.75, 3.05) is 7.11 Å². The number of hydrogen-bond donors (Lipinski definition) is 1. The molecular weight excluding hydrogens is 204 g/mol. The summed E-state index contributed by atoms with van der Waals surface area (Å²) in [5, 5.41) is 11.1. The minimum atomic E-state index is -0.107. The van der Waals surface area contributed by atoms with Crippen LogP contribution >= 0.6 is 0 Å². The number of nitrogens with zero attached hydrogens (tertiary/aromatic N) is 1. The molecule has 84 valence electrons. The van der Waals surface area contributed by atoms with Crippen LogP contribution in [0.1, 0.15) is 18.4 Å². The molecule has 1 N–H and O–H groups in total. The standard InChI is InChI=1S/C12H14N2O2/c1-16-11-5-2-4-10(8-11)9-14-12(15)6-3-7-13/h2,4-5,8H,3,6,9H2,1H3,(H,14,15). The van der Waals surface area contributed by atoms with Crippen LogP contribution in [0.2, 0.25) is 0 Å². The quantitative estimate of drug-likeness (QED) is 0.816. The molecule has 16 heavy (non-hydrogen) atoms. The number of benzene rings is 1. The van der Waals surface area contributed by atoms with Gasteiger partial charge in [0.25, 0.3) is 0 Å². The van der Waals surface area contributed by atoms with E-state index in [1.165, 1.54) is 0 Å². The number of rotatable bonds is 5. The lowest BCUT2D eigenvalue weighted by atomic mass is 10.2. The molecule has 0 saturated carbocycles. The number of nitriles is 1. The molecule has 0 atom stereocenters. The van der Waals surface area contributed by atoms with Crippen molar-refractivity contribution in [2.45, 2.75) is 19.4 Å². The van der Waals surface area contributed by atoms with E-state index in [1.54, 1.807) is 7.11 Å². The van der Waals surface area contributed by atoms with Gasteiger partial charge in [-0.1, -0.05) is 12.1 Å². The molecule has 0 fully saturated rings. The monoisotopic (exact) mass is 218 g/mol. The number of nitrogens with one attached hydrogen (secondary N) is 1. The van der Waals surface area contributed by atoms with Crippen molar-refractivity contribution in [2.24, 2.45) is 0 Å². The van der Waals surface area contributed by atoms with Crippen molar-refractivity contribution < 1.29 is 9.53 Å². The fourth-order valence-corrected chi connectivity index (χ4v) is 1.24. The molecule has 0 unspecified atom stereocenters. The zero-order chi connectivity index (χ0) is 11.8. The van der Waals surface area contributed by atoms with Gasteiger partial charge in [0.1, 0.15) is 5.75 Å². The van der Waals surface area contributed by atoms with Crippen LogP contribution in [0.4, 0.5) is 0 Å². The highest BCUT2D eigenvalue weighted by molar-refractivity contribution is 5.76. The van der Waals surface area contributed by atoms with Crippen LogP contribution in [-0.2, 0) is 11.3 Å². The number of carbonyl (C=O) groups excluding carboxylic acids is 1. The summed E-state index contributed by atoms with van der Waals surface area (Å²) in [6, 6.07) is 9.43. The van der Waals surface area contributed by atoms with Crippen molar-refractivity contribution >= 4 is 5.91 Å². The van der Waals surface area contributed by atoms with Gasteiger partial charge in [0.2, 0.25) is 5.91 Å². The molecule has 1 rings (SSSR count). The van der Waals surface area contributed by atoms with Gasteiger partial charge in [-0.3, -0.25) is 4.79 Å². The van der Waals surface area contributed by atoms with Crippen molar-refractivity contribution in [3.63, 3.8) is 0 Å². The Morgan fingerprint density at radius 1 is 1.56 bits per heavy atom. The minimum absolute atomic E-state index is 0.107. The fourth-order valence-electron chi connectivity index (χ4n) is 1.24. The van der Waals surface area contributed by atoms with Crippen molar-refractivity contribution in [1.82, 2.24) is 5.32 Å². The zero-order valence-electron chi connectivity index (χ0n) is 9.19. The van der Waals surface area contributed by atoms with Crippen LogP contribution < -0.4 is 10.1 Å². The predicted molar refractivity (Wildman–Crippen MR) is 59.7 cm³/mol. The number of methoxy groups -OCH3 is 1. The van der Waals surface area contributed by atoms with Gasteiger partial charge in [0.15, 0.2) is 0 Å². The lowest BCUT2D eigenvalue weighted by Gasteiger charge is -2.05. The first kappa shape index (κ1) is 12.1. The molecule has 1 aromatic carbocycles. The maximum atomic E-state index is 11.2. The summed E-state index contributed by atoms with van der Waals surface area (Å²) in [5.41, 5.74) is 0.977. The third-order valence-corrected chi connectivity index (χ3v) is 2.09. The molecular formula is C12H14N2O2. The molecule has 0 saturated heterocycles. The summed E-state index contributed by atoms with van der Waals surface area (Å²) in [6.07, 6.45) is 0.504. The summed E-state index contributed by atoms with van der Waals surface area (Å²) in [5.74, 6) is 0.660. The van der Waals surface area contributed by atoms with Gasteiger partial charge >= 0.3 is 0 Å². The summed E-state index contributed by atoms with van der Waals surface area (Å²) < 4.78 is 5.07. The third kappa shape index (κ3) is 4.01. The Morgan fingerprint density at radius 2 is 2.38 bits per heavy atom. The summed E-state index contributed by atoms with van der Waals surface area (Å²) >= 11 is 0. The molecule has 0 radical (unpaired) electrons. The van der Waals surface area contributed by atoms with Crippen LogP contribution in [0.15, 0.2) is 24.3 Å². The van der Waals surface area contributed by atoms with Gasteiger partial charge in [-0.15, -0.1) is 0 Å². The number of ether oxygens (including phenoxy) is 1. The third-order valence-electron chi connectivity index (χ3n) is 2.09. The van der Waals surface area contributed by atoms with Gasteiger partial charge in [0.05, 0.1) is 13.2 Å². The van der Waals surface area contributed by atoms with E-state index < -0.39 is 0 Å². The summed E-state index contributed by atoms with van der Waals surface area (Å²) in [6.45, 7) is 0.460. The largest absolute Gasteiger partial charge is 0.497 e. The minimum Gasteiger partial charge on any atom is -0.497 e. The highest BCUT2D eigenvalue weighted by Crippen LogP contribution is 2.12. The average Bonchev–Trinajstić information content (AvgIpc) is 2.34. The molecule has 0 bridgehead atoms. The van der Waals surface area contributed by atoms with Gasteiger partial charge in [-0.2, -0.15) is 5.26 Å². The average molecular weight is 218 g/mol. The molecule has 0 heterocycles. The SMILES string of the molecule is COc1cccc(CNC(=O)CCC#N)c1. The highest BCUT2D eigenvalue weighted by Gasteiger charge is 2.01. The Balaban J connectivity index is 2.42. The van der Waals surface area contributed by atoms with E-state index in [1.807, 2.05) is 30.3 Å². The molecule has 0 spiro atoms.